The van der Waals surface area contributed by atoms with Gasteiger partial charge in [0.05, 0.1) is 23.5 Å². The zero-order valence-electron chi connectivity index (χ0n) is 15.9. The predicted octanol–water partition coefficient (Wildman–Crippen LogP) is 2.04. The average Bonchev–Trinajstić information content (AvgIpc) is 3.63. The summed E-state index contributed by atoms with van der Waals surface area (Å²) in [6, 6.07) is 3.35. The van der Waals surface area contributed by atoms with E-state index in [1.54, 1.807) is 10.7 Å². The molecular weight excluding hydrogens is 375 g/mol. The van der Waals surface area contributed by atoms with E-state index in [1.807, 2.05) is 18.0 Å². The first kappa shape index (κ1) is 16.7. The second-order valence-corrected chi connectivity index (χ2v) is 8.23. The van der Waals surface area contributed by atoms with Gasteiger partial charge in [0.2, 0.25) is 5.88 Å². The number of hydrogen-bond acceptors (Lipinski definition) is 6. The Bertz CT molecular complexity index is 1170. The number of anilines is 1. The fourth-order valence-electron chi connectivity index (χ4n) is 4.18. The van der Waals surface area contributed by atoms with Gasteiger partial charge in [-0.05, 0) is 37.8 Å². The molecule has 3 aromatic rings. The molecule has 2 bridgehead atoms. The van der Waals surface area contributed by atoms with Gasteiger partial charge >= 0.3 is 0 Å². The molecule has 0 saturated heterocycles. The lowest BCUT2D eigenvalue weighted by Crippen LogP contribution is -2.41. The van der Waals surface area contributed by atoms with Crippen LogP contribution in [0.4, 0.5) is 10.2 Å². The van der Waals surface area contributed by atoms with Crippen LogP contribution in [0.15, 0.2) is 30.7 Å². The largest absolute Gasteiger partial charge is 0.475 e. The van der Waals surface area contributed by atoms with Crippen molar-refractivity contribution in [1.29, 1.82) is 0 Å². The monoisotopic (exact) mass is 394 g/mol. The summed E-state index contributed by atoms with van der Waals surface area (Å²) in [5.74, 6) is 0.480. The number of ether oxygens (including phenoxy) is 1. The molecule has 2 spiro atoms. The lowest BCUT2D eigenvalue weighted by Gasteiger charge is -2.30. The molecule has 8 nitrogen and oxygen atoms in total. The Morgan fingerprint density at radius 3 is 2.83 bits per heavy atom. The summed E-state index contributed by atoms with van der Waals surface area (Å²) in [5, 5.41) is 7.34. The van der Waals surface area contributed by atoms with Crippen molar-refractivity contribution >= 4 is 17.4 Å². The number of hydrogen-bond donors (Lipinski definition) is 1. The Kier molecular flexibility index (Phi) is 3.13. The van der Waals surface area contributed by atoms with E-state index in [-0.39, 0.29) is 5.91 Å². The number of nitrogens with one attached hydrogen (secondary N) is 1. The Hall–Kier alpha value is -3.23. The van der Waals surface area contributed by atoms with Crippen molar-refractivity contribution in [3.8, 4) is 5.88 Å². The highest BCUT2D eigenvalue weighted by molar-refractivity contribution is 6.00. The van der Waals surface area contributed by atoms with E-state index in [4.69, 9.17) is 9.72 Å². The minimum atomic E-state index is -0.438. The molecule has 0 atom stereocenters. The first-order valence-electron chi connectivity index (χ1n) is 9.69. The van der Waals surface area contributed by atoms with Crippen molar-refractivity contribution in [2.24, 2.45) is 0 Å². The van der Waals surface area contributed by atoms with E-state index in [0.717, 1.165) is 31.2 Å². The Balaban J connectivity index is 1.55. The highest BCUT2D eigenvalue weighted by Gasteiger charge is 2.52. The maximum absolute atomic E-state index is 14.1. The first-order valence-corrected chi connectivity index (χ1v) is 9.69. The van der Waals surface area contributed by atoms with E-state index in [9.17, 15) is 9.18 Å². The molecule has 1 amide bonds. The van der Waals surface area contributed by atoms with Gasteiger partial charge < -0.3 is 15.0 Å². The van der Waals surface area contributed by atoms with Crippen molar-refractivity contribution in [2.75, 3.05) is 18.6 Å². The fourth-order valence-corrected chi connectivity index (χ4v) is 4.18. The third-order valence-electron chi connectivity index (χ3n) is 6.34. The molecule has 2 aliphatic carbocycles. The van der Waals surface area contributed by atoms with E-state index in [1.165, 1.54) is 18.5 Å². The van der Waals surface area contributed by atoms with Crippen LogP contribution in [0.25, 0.3) is 5.65 Å². The lowest BCUT2D eigenvalue weighted by molar-refractivity contribution is 0.0913. The van der Waals surface area contributed by atoms with Gasteiger partial charge in [-0.3, -0.25) is 4.79 Å². The number of fused-ring (bicyclic) bond motifs is 3. The number of carbonyl (C=O) groups excluding carboxylic acids is 1. The maximum atomic E-state index is 14.1. The smallest absolute Gasteiger partial charge is 0.257 e. The van der Waals surface area contributed by atoms with Gasteiger partial charge in [0, 0.05) is 18.8 Å². The number of carbonyl (C=O) groups is 1. The molecule has 2 saturated carbocycles. The van der Waals surface area contributed by atoms with Crippen molar-refractivity contribution in [1.82, 2.24) is 24.9 Å². The quantitative estimate of drug-likeness (QED) is 0.628. The summed E-state index contributed by atoms with van der Waals surface area (Å²) in [4.78, 5) is 23.9. The molecular formula is C20H19FN6O2. The standard InChI is InChI=1S/C20H19FN6O2/c1-26-15-2-7-27-16(24-15)13(10-23-27)17(28)25-19(3-4-19)11-29-18-14(20(26)5-6-20)8-12(21)9-22-18/h2,7-10H,3-6,11H2,1H3,(H,25,28). The second-order valence-electron chi connectivity index (χ2n) is 8.23. The Morgan fingerprint density at radius 2 is 2.07 bits per heavy atom. The Morgan fingerprint density at radius 1 is 1.24 bits per heavy atom. The molecule has 0 aromatic carbocycles. The van der Waals surface area contributed by atoms with Gasteiger partial charge in [-0.1, -0.05) is 0 Å². The average molecular weight is 394 g/mol. The first-order chi connectivity index (χ1) is 14.0. The van der Waals surface area contributed by atoms with Gasteiger partial charge in [0.1, 0.15) is 23.8 Å². The number of rotatable bonds is 0. The minimum Gasteiger partial charge on any atom is -0.475 e. The predicted molar refractivity (Wildman–Crippen MR) is 101 cm³/mol. The minimum absolute atomic E-state index is 0.221. The number of aromatic nitrogens is 4. The van der Waals surface area contributed by atoms with Crippen LogP contribution in [0.2, 0.25) is 0 Å². The number of amides is 1. The van der Waals surface area contributed by atoms with Crippen LogP contribution in [0, 0.1) is 5.82 Å². The summed E-state index contributed by atoms with van der Waals surface area (Å²) in [7, 11) is 1.93. The zero-order chi connectivity index (χ0) is 19.8. The Labute approximate surface area is 165 Å². The van der Waals surface area contributed by atoms with Crippen LogP contribution >= 0.6 is 0 Å². The van der Waals surface area contributed by atoms with E-state index < -0.39 is 16.9 Å². The van der Waals surface area contributed by atoms with Crippen LogP contribution in [0.1, 0.15) is 41.6 Å². The third-order valence-corrected chi connectivity index (χ3v) is 6.34. The van der Waals surface area contributed by atoms with Crippen LogP contribution < -0.4 is 15.0 Å². The SMILES string of the molecule is CN1c2ccn3ncc(c3n2)C(=O)NC2(CC2)COc2ncc(F)cc2C12CC2. The molecule has 1 aliphatic heterocycles. The van der Waals surface area contributed by atoms with Crippen LogP contribution in [-0.2, 0) is 5.54 Å². The topological polar surface area (TPSA) is 84.7 Å². The molecule has 148 valence electrons. The normalized spacial score (nSPS) is 21.2. The van der Waals surface area contributed by atoms with Crippen molar-refractivity contribution in [3.63, 3.8) is 0 Å². The van der Waals surface area contributed by atoms with E-state index in [0.29, 0.717) is 29.5 Å². The molecule has 0 unspecified atom stereocenters. The second kappa shape index (κ2) is 5.43. The molecule has 3 aromatic heterocycles. The summed E-state index contributed by atoms with van der Waals surface area (Å²) >= 11 is 0. The summed E-state index contributed by atoms with van der Waals surface area (Å²) in [5.41, 5.74) is 0.774. The van der Waals surface area contributed by atoms with Gasteiger partial charge in [0.15, 0.2) is 5.65 Å². The molecule has 2 fully saturated rings. The van der Waals surface area contributed by atoms with Gasteiger partial charge in [-0.2, -0.15) is 5.10 Å². The van der Waals surface area contributed by atoms with Crippen LogP contribution in [-0.4, -0.2) is 44.7 Å². The van der Waals surface area contributed by atoms with Crippen LogP contribution in [0.5, 0.6) is 5.88 Å². The van der Waals surface area contributed by atoms with Crippen molar-refractivity contribution in [3.05, 3.63) is 47.7 Å². The van der Waals surface area contributed by atoms with E-state index >= 15 is 0 Å². The molecule has 1 N–H and O–H groups in total. The fraction of sp³-hybridized carbons (Fsp3) is 0.400. The molecule has 0 radical (unpaired) electrons. The molecule has 6 rings (SSSR count). The van der Waals surface area contributed by atoms with Gasteiger partial charge in [-0.15, -0.1) is 0 Å². The van der Waals surface area contributed by atoms with Crippen LogP contribution in [0.3, 0.4) is 0 Å². The highest BCUT2D eigenvalue weighted by atomic mass is 19.1. The molecule has 4 heterocycles. The van der Waals surface area contributed by atoms with E-state index in [2.05, 4.69) is 15.4 Å². The maximum Gasteiger partial charge on any atom is 0.257 e. The number of pyridine rings is 1. The molecule has 3 aliphatic rings. The lowest BCUT2D eigenvalue weighted by atomic mass is 10.0. The zero-order valence-corrected chi connectivity index (χ0v) is 15.9. The molecule has 29 heavy (non-hydrogen) atoms. The molecule has 9 heteroatoms. The summed E-state index contributed by atoms with van der Waals surface area (Å²) in [6.45, 7) is 0.291. The summed E-state index contributed by atoms with van der Waals surface area (Å²) in [6.07, 6.45) is 7.81. The number of nitrogens with zero attached hydrogens (tertiary/aromatic N) is 5. The third kappa shape index (κ3) is 2.43. The number of halogens is 1. The van der Waals surface area contributed by atoms with Crippen molar-refractivity contribution < 1.29 is 13.9 Å². The van der Waals surface area contributed by atoms with Gasteiger partial charge in [-0.25, -0.2) is 18.9 Å². The summed E-state index contributed by atoms with van der Waals surface area (Å²) < 4.78 is 21.8. The highest BCUT2D eigenvalue weighted by Crippen LogP contribution is 2.54. The van der Waals surface area contributed by atoms with Crippen molar-refractivity contribution in [2.45, 2.75) is 36.8 Å². The van der Waals surface area contributed by atoms with Gasteiger partial charge in [0.25, 0.3) is 5.91 Å².